The second kappa shape index (κ2) is 8.97. The molecule has 0 unspecified atom stereocenters. The van der Waals surface area contributed by atoms with Crippen LogP contribution in [0.2, 0.25) is 0 Å². The predicted molar refractivity (Wildman–Crippen MR) is 105 cm³/mol. The molecular formula is C18H21FN6O3S. The number of nitrogens with zero attached hydrogens (tertiary/aromatic N) is 4. The number of hydrogen-bond donors (Lipinski definition) is 2. The summed E-state index contributed by atoms with van der Waals surface area (Å²) in [5.74, 6) is 0.349. The number of benzene rings is 1. The zero-order valence-corrected chi connectivity index (χ0v) is 16.8. The monoisotopic (exact) mass is 420 g/mol. The van der Waals surface area contributed by atoms with Gasteiger partial charge in [-0.1, -0.05) is 0 Å². The van der Waals surface area contributed by atoms with Gasteiger partial charge in [0.1, 0.15) is 5.82 Å². The molecule has 29 heavy (non-hydrogen) atoms. The lowest BCUT2D eigenvalue weighted by molar-refractivity contribution is 0.321. The summed E-state index contributed by atoms with van der Waals surface area (Å²) < 4.78 is 47.5. The molecule has 154 valence electrons. The summed E-state index contributed by atoms with van der Waals surface area (Å²) >= 11 is 0. The average Bonchev–Trinajstić information content (AvgIpc) is 3.14. The van der Waals surface area contributed by atoms with Gasteiger partial charge in [0.2, 0.25) is 10.0 Å². The minimum atomic E-state index is -3.84. The molecule has 0 spiro atoms. The van der Waals surface area contributed by atoms with Crippen LogP contribution in [0, 0.1) is 12.7 Å². The number of aryl methyl sites for hydroxylation is 1. The standard InChI is InChI=1S/C18H21FN6O3S/c1-3-28-16-5-4-14(12-15(16)19)29(26,27)21-10-9-20-17-6-7-18(23-22-17)25-11-8-13(2)24-25/h4-8,11-12,21H,3,9-10H2,1-2H3,(H,20,22). The lowest BCUT2D eigenvalue weighted by Crippen LogP contribution is -2.29. The molecule has 0 saturated heterocycles. The van der Waals surface area contributed by atoms with Gasteiger partial charge in [-0.2, -0.15) is 5.10 Å². The average molecular weight is 420 g/mol. The van der Waals surface area contributed by atoms with Gasteiger partial charge in [-0.15, -0.1) is 10.2 Å². The Hall–Kier alpha value is -3.05. The van der Waals surface area contributed by atoms with E-state index >= 15 is 0 Å². The molecule has 2 aromatic heterocycles. The van der Waals surface area contributed by atoms with Crippen molar-refractivity contribution in [2.45, 2.75) is 18.7 Å². The van der Waals surface area contributed by atoms with Gasteiger partial charge in [0.15, 0.2) is 17.4 Å². The fourth-order valence-corrected chi connectivity index (χ4v) is 3.51. The van der Waals surface area contributed by atoms with E-state index in [4.69, 9.17) is 4.74 Å². The fourth-order valence-electron chi connectivity index (χ4n) is 2.46. The van der Waals surface area contributed by atoms with E-state index in [9.17, 15) is 12.8 Å². The summed E-state index contributed by atoms with van der Waals surface area (Å²) in [6.45, 7) is 4.24. The molecule has 9 nitrogen and oxygen atoms in total. The summed E-state index contributed by atoms with van der Waals surface area (Å²) in [6.07, 6.45) is 1.78. The molecule has 0 aliphatic heterocycles. The first-order valence-electron chi connectivity index (χ1n) is 8.91. The Labute approximate surface area is 168 Å². The first kappa shape index (κ1) is 20.7. The molecule has 2 heterocycles. The molecule has 0 aliphatic carbocycles. The molecule has 0 atom stereocenters. The van der Waals surface area contributed by atoms with Crippen LogP contribution in [0.15, 0.2) is 47.5 Å². The van der Waals surface area contributed by atoms with Crippen LogP contribution in [0.25, 0.3) is 5.82 Å². The summed E-state index contributed by atoms with van der Waals surface area (Å²) in [4.78, 5) is -0.169. The highest BCUT2D eigenvalue weighted by atomic mass is 32.2. The topological polar surface area (TPSA) is 111 Å². The van der Waals surface area contributed by atoms with Gasteiger partial charge < -0.3 is 10.1 Å². The molecular weight excluding hydrogens is 399 g/mol. The number of aromatic nitrogens is 4. The predicted octanol–water partition coefficient (Wildman–Crippen LogP) is 1.90. The number of halogens is 1. The van der Waals surface area contributed by atoms with Crippen molar-refractivity contribution in [1.29, 1.82) is 0 Å². The number of anilines is 1. The maximum absolute atomic E-state index is 13.9. The van der Waals surface area contributed by atoms with E-state index < -0.39 is 15.8 Å². The van der Waals surface area contributed by atoms with E-state index in [2.05, 4.69) is 25.3 Å². The smallest absolute Gasteiger partial charge is 0.240 e. The maximum Gasteiger partial charge on any atom is 0.240 e. The van der Waals surface area contributed by atoms with Crippen LogP contribution in [-0.4, -0.2) is 48.1 Å². The Bertz CT molecular complexity index is 1070. The summed E-state index contributed by atoms with van der Waals surface area (Å²) in [7, 11) is -3.84. The molecule has 1 aromatic carbocycles. The Kier molecular flexibility index (Phi) is 6.39. The Balaban J connectivity index is 1.52. The van der Waals surface area contributed by atoms with Crippen molar-refractivity contribution >= 4 is 15.8 Å². The fraction of sp³-hybridized carbons (Fsp3) is 0.278. The molecule has 11 heteroatoms. The first-order valence-corrected chi connectivity index (χ1v) is 10.4. The van der Waals surface area contributed by atoms with Gasteiger partial charge >= 0.3 is 0 Å². The zero-order valence-electron chi connectivity index (χ0n) is 16.0. The van der Waals surface area contributed by atoms with Crippen molar-refractivity contribution in [3.05, 3.63) is 54.1 Å². The van der Waals surface area contributed by atoms with Crippen molar-refractivity contribution in [1.82, 2.24) is 24.7 Å². The van der Waals surface area contributed by atoms with Crippen molar-refractivity contribution < 1.29 is 17.5 Å². The van der Waals surface area contributed by atoms with Gasteiger partial charge in [-0.05, 0) is 50.2 Å². The van der Waals surface area contributed by atoms with Gasteiger partial charge in [-0.3, -0.25) is 0 Å². The molecule has 0 aliphatic rings. The van der Waals surface area contributed by atoms with Crippen LogP contribution in [0.3, 0.4) is 0 Å². The lowest BCUT2D eigenvalue weighted by Gasteiger charge is -2.10. The zero-order chi connectivity index (χ0) is 20.9. The van der Waals surface area contributed by atoms with Crippen LogP contribution in [0.1, 0.15) is 12.6 Å². The number of ether oxygens (including phenoxy) is 1. The normalized spacial score (nSPS) is 11.4. The van der Waals surface area contributed by atoms with Crippen LogP contribution in [0.5, 0.6) is 5.75 Å². The van der Waals surface area contributed by atoms with E-state index in [1.54, 1.807) is 29.9 Å². The number of nitrogens with one attached hydrogen (secondary N) is 2. The quantitative estimate of drug-likeness (QED) is 0.509. The second-order valence-corrected chi connectivity index (χ2v) is 7.80. The van der Waals surface area contributed by atoms with Gasteiger partial charge in [0, 0.05) is 19.3 Å². The Morgan fingerprint density at radius 1 is 1.14 bits per heavy atom. The van der Waals surface area contributed by atoms with Crippen molar-refractivity contribution in [3.63, 3.8) is 0 Å². The number of sulfonamides is 1. The molecule has 0 bridgehead atoms. The summed E-state index contributed by atoms with van der Waals surface area (Å²) in [6, 6.07) is 8.84. The second-order valence-electron chi connectivity index (χ2n) is 6.03. The van der Waals surface area contributed by atoms with E-state index in [1.807, 2.05) is 13.0 Å². The van der Waals surface area contributed by atoms with E-state index in [1.165, 1.54) is 12.1 Å². The SMILES string of the molecule is CCOc1ccc(S(=O)(=O)NCCNc2ccc(-n3ccc(C)n3)nn2)cc1F. The highest BCUT2D eigenvalue weighted by molar-refractivity contribution is 7.89. The van der Waals surface area contributed by atoms with E-state index in [0.29, 0.717) is 18.2 Å². The number of rotatable bonds is 9. The van der Waals surface area contributed by atoms with Crippen LogP contribution in [-0.2, 0) is 10.0 Å². The minimum absolute atomic E-state index is 0.0143. The minimum Gasteiger partial charge on any atom is -0.491 e. The largest absolute Gasteiger partial charge is 0.491 e. The number of hydrogen-bond acceptors (Lipinski definition) is 7. The first-order chi connectivity index (χ1) is 13.9. The summed E-state index contributed by atoms with van der Waals surface area (Å²) in [5.41, 5.74) is 0.869. The third-order valence-corrected chi connectivity index (χ3v) is 5.30. The van der Waals surface area contributed by atoms with Gasteiger partial charge in [-0.25, -0.2) is 22.2 Å². The van der Waals surface area contributed by atoms with Crippen molar-refractivity contribution in [3.8, 4) is 11.6 Å². The maximum atomic E-state index is 13.9. The molecule has 0 saturated carbocycles. The molecule has 0 fully saturated rings. The summed E-state index contributed by atoms with van der Waals surface area (Å²) in [5, 5.41) is 15.3. The Morgan fingerprint density at radius 3 is 2.59 bits per heavy atom. The van der Waals surface area contributed by atoms with Crippen LogP contribution < -0.4 is 14.8 Å². The van der Waals surface area contributed by atoms with Crippen molar-refractivity contribution in [2.75, 3.05) is 25.0 Å². The van der Waals surface area contributed by atoms with Gasteiger partial charge in [0.25, 0.3) is 0 Å². The third-order valence-electron chi connectivity index (χ3n) is 3.84. The molecule has 0 radical (unpaired) electrons. The molecule has 2 N–H and O–H groups in total. The van der Waals surface area contributed by atoms with Crippen LogP contribution in [0.4, 0.5) is 10.2 Å². The van der Waals surface area contributed by atoms with Gasteiger partial charge in [0.05, 0.1) is 17.2 Å². The van der Waals surface area contributed by atoms with E-state index in [-0.39, 0.29) is 23.7 Å². The van der Waals surface area contributed by atoms with E-state index in [0.717, 1.165) is 11.8 Å². The third kappa shape index (κ3) is 5.27. The highest BCUT2D eigenvalue weighted by Crippen LogP contribution is 2.20. The Morgan fingerprint density at radius 2 is 1.97 bits per heavy atom. The highest BCUT2D eigenvalue weighted by Gasteiger charge is 2.16. The van der Waals surface area contributed by atoms with Crippen LogP contribution >= 0.6 is 0 Å². The molecule has 3 rings (SSSR count). The van der Waals surface area contributed by atoms with Crippen molar-refractivity contribution in [2.24, 2.45) is 0 Å². The molecule has 0 amide bonds. The molecule has 3 aromatic rings. The lowest BCUT2D eigenvalue weighted by atomic mass is 10.3.